The first-order valence-corrected chi connectivity index (χ1v) is 9.65. The Balaban J connectivity index is 1.69. The minimum absolute atomic E-state index is 0.398. The molecule has 0 saturated carbocycles. The molecule has 0 fully saturated rings. The molecule has 5 heteroatoms. The van der Waals surface area contributed by atoms with Crippen LogP contribution in [-0.2, 0) is 29.3 Å². The van der Waals surface area contributed by atoms with Crippen molar-refractivity contribution in [3.63, 3.8) is 0 Å². The molecule has 0 aliphatic heterocycles. The molecule has 0 saturated heterocycles. The minimum atomic E-state index is -3.39. The zero-order valence-corrected chi connectivity index (χ0v) is 13.5. The smallest absolute Gasteiger partial charge is 0.211 e. The van der Waals surface area contributed by atoms with Crippen molar-refractivity contribution in [1.29, 1.82) is 0 Å². The highest BCUT2D eigenvalue weighted by Crippen LogP contribution is 2.24. The van der Waals surface area contributed by atoms with Crippen LogP contribution in [0.4, 0.5) is 0 Å². The van der Waals surface area contributed by atoms with Crippen molar-refractivity contribution in [2.24, 2.45) is 0 Å². The first kappa shape index (κ1) is 14.8. The Labute approximate surface area is 130 Å². The van der Waals surface area contributed by atoms with E-state index in [1.54, 1.807) is 17.4 Å². The van der Waals surface area contributed by atoms with Gasteiger partial charge in [0.1, 0.15) is 0 Å². The van der Waals surface area contributed by atoms with E-state index in [0.717, 1.165) is 25.7 Å². The molecule has 0 bridgehead atoms. The maximum absolute atomic E-state index is 12.3. The summed E-state index contributed by atoms with van der Waals surface area (Å²) in [6, 6.07) is 9.57. The summed E-state index contributed by atoms with van der Waals surface area (Å²) < 4.78 is 27.4. The fourth-order valence-electron chi connectivity index (χ4n) is 2.72. The summed E-state index contributed by atoms with van der Waals surface area (Å²) in [5.74, 6) is 0. The topological polar surface area (TPSA) is 46.2 Å². The maximum atomic E-state index is 12.3. The van der Waals surface area contributed by atoms with E-state index in [0.29, 0.717) is 11.4 Å². The van der Waals surface area contributed by atoms with E-state index in [1.165, 1.54) is 22.4 Å². The lowest BCUT2D eigenvalue weighted by atomic mass is 9.92. The van der Waals surface area contributed by atoms with Crippen LogP contribution in [0.2, 0.25) is 0 Å². The summed E-state index contributed by atoms with van der Waals surface area (Å²) in [4.78, 5) is 1.59. The highest BCUT2D eigenvalue weighted by Gasteiger charge is 2.17. The van der Waals surface area contributed by atoms with E-state index >= 15 is 0 Å². The first-order chi connectivity index (χ1) is 10.1. The third kappa shape index (κ3) is 3.54. The zero-order valence-electron chi connectivity index (χ0n) is 11.8. The van der Waals surface area contributed by atoms with Gasteiger partial charge in [0.15, 0.2) is 0 Å². The molecule has 1 heterocycles. The second kappa shape index (κ2) is 6.30. The lowest BCUT2D eigenvalue weighted by Gasteiger charge is -2.16. The van der Waals surface area contributed by atoms with Gasteiger partial charge in [-0.1, -0.05) is 12.1 Å². The monoisotopic (exact) mass is 321 g/mol. The third-order valence-electron chi connectivity index (χ3n) is 3.87. The molecule has 0 atom stereocenters. The summed E-state index contributed by atoms with van der Waals surface area (Å²) in [6.07, 6.45) is 5.16. The molecule has 1 aliphatic carbocycles. The van der Waals surface area contributed by atoms with Crippen molar-refractivity contribution < 1.29 is 8.42 Å². The van der Waals surface area contributed by atoms with Crippen molar-refractivity contribution in [3.05, 3.63) is 51.7 Å². The molecule has 0 radical (unpaired) electrons. The van der Waals surface area contributed by atoms with Gasteiger partial charge in [-0.05, 0) is 66.8 Å². The standard InChI is InChI=1S/C16H19NO2S2/c18-21(19,17-10-9-15-6-3-11-20-15)16-8-7-13-4-1-2-5-14(13)12-16/h3,6-8,11-12,17H,1-2,4-5,9-10H2. The largest absolute Gasteiger partial charge is 0.240 e. The van der Waals surface area contributed by atoms with Gasteiger partial charge in [-0.3, -0.25) is 0 Å². The first-order valence-electron chi connectivity index (χ1n) is 7.29. The van der Waals surface area contributed by atoms with Gasteiger partial charge in [0, 0.05) is 11.4 Å². The van der Waals surface area contributed by atoms with Gasteiger partial charge in [-0.25, -0.2) is 13.1 Å². The van der Waals surface area contributed by atoms with Crippen LogP contribution in [0.3, 0.4) is 0 Å². The molecule has 0 spiro atoms. The number of benzene rings is 1. The molecule has 1 aromatic heterocycles. The Morgan fingerprint density at radius 3 is 2.67 bits per heavy atom. The second-order valence-corrected chi connectivity index (χ2v) is 8.16. The van der Waals surface area contributed by atoms with Gasteiger partial charge in [0.2, 0.25) is 10.0 Å². The molecule has 1 aliphatic rings. The van der Waals surface area contributed by atoms with Crippen LogP contribution in [0.15, 0.2) is 40.6 Å². The number of hydrogen-bond acceptors (Lipinski definition) is 3. The molecule has 2 aromatic rings. The van der Waals surface area contributed by atoms with Crippen molar-refractivity contribution >= 4 is 21.4 Å². The summed E-state index contributed by atoms with van der Waals surface area (Å²) in [6.45, 7) is 0.444. The van der Waals surface area contributed by atoms with E-state index in [1.807, 2.05) is 29.6 Å². The van der Waals surface area contributed by atoms with Crippen molar-refractivity contribution in [1.82, 2.24) is 4.72 Å². The van der Waals surface area contributed by atoms with Crippen LogP contribution < -0.4 is 4.72 Å². The predicted molar refractivity (Wildman–Crippen MR) is 86.3 cm³/mol. The Kier molecular flexibility index (Phi) is 4.42. The summed E-state index contributed by atoms with van der Waals surface area (Å²) in [5, 5.41) is 2.01. The molecule has 0 amide bonds. The van der Waals surface area contributed by atoms with Gasteiger partial charge in [0.25, 0.3) is 0 Å². The lowest BCUT2D eigenvalue weighted by Crippen LogP contribution is -2.26. The molecular weight excluding hydrogens is 302 g/mol. The average molecular weight is 321 g/mol. The molecule has 0 unspecified atom stereocenters. The Morgan fingerprint density at radius 2 is 1.90 bits per heavy atom. The highest BCUT2D eigenvalue weighted by atomic mass is 32.2. The van der Waals surface area contributed by atoms with Gasteiger partial charge < -0.3 is 0 Å². The van der Waals surface area contributed by atoms with E-state index in [2.05, 4.69) is 4.72 Å². The van der Waals surface area contributed by atoms with E-state index in [9.17, 15) is 8.42 Å². The number of hydrogen-bond donors (Lipinski definition) is 1. The molecule has 1 N–H and O–H groups in total. The lowest BCUT2D eigenvalue weighted by molar-refractivity contribution is 0.581. The average Bonchev–Trinajstić information content (AvgIpc) is 3.00. The Bertz CT molecular complexity index is 706. The van der Waals surface area contributed by atoms with Crippen LogP contribution in [0.1, 0.15) is 28.8 Å². The summed E-state index contributed by atoms with van der Waals surface area (Å²) >= 11 is 1.65. The van der Waals surface area contributed by atoms with Crippen LogP contribution in [0.5, 0.6) is 0 Å². The van der Waals surface area contributed by atoms with Gasteiger partial charge in [-0.2, -0.15) is 0 Å². The van der Waals surface area contributed by atoms with Crippen molar-refractivity contribution in [2.45, 2.75) is 37.0 Å². The number of aryl methyl sites for hydroxylation is 2. The third-order valence-corrected chi connectivity index (χ3v) is 6.27. The van der Waals surface area contributed by atoms with Crippen LogP contribution in [0.25, 0.3) is 0 Å². The SMILES string of the molecule is O=S(=O)(NCCc1cccs1)c1ccc2c(c1)CCCC2. The normalized spacial score (nSPS) is 14.9. The zero-order chi connectivity index (χ0) is 14.7. The molecular formula is C16H19NO2S2. The van der Waals surface area contributed by atoms with E-state index in [4.69, 9.17) is 0 Å². The highest BCUT2D eigenvalue weighted by molar-refractivity contribution is 7.89. The number of rotatable bonds is 5. The molecule has 112 valence electrons. The Morgan fingerprint density at radius 1 is 1.10 bits per heavy atom. The Hall–Kier alpha value is -1.17. The fourth-order valence-corrected chi connectivity index (χ4v) is 4.51. The molecule has 21 heavy (non-hydrogen) atoms. The quantitative estimate of drug-likeness (QED) is 0.919. The molecule has 1 aromatic carbocycles. The van der Waals surface area contributed by atoms with Crippen LogP contribution in [0, 0.1) is 0 Å². The van der Waals surface area contributed by atoms with Gasteiger partial charge >= 0.3 is 0 Å². The van der Waals surface area contributed by atoms with E-state index < -0.39 is 10.0 Å². The number of thiophene rings is 1. The van der Waals surface area contributed by atoms with Crippen LogP contribution >= 0.6 is 11.3 Å². The number of fused-ring (bicyclic) bond motifs is 1. The summed E-state index contributed by atoms with van der Waals surface area (Å²) in [5.41, 5.74) is 2.50. The molecule has 3 rings (SSSR count). The minimum Gasteiger partial charge on any atom is -0.211 e. The van der Waals surface area contributed by atoms with E-state index in [-0.39, 0.29) is 0 Å². The fraction of sp³-hybridized carbons (Fsp3) is 0.375. The summed E-state index contributed by atoms with van der Waals surface area (Å²) in [7, 11) is -3.39. The predicted octanol–water partition coefficient (Wildman–Crippen LogP) is 3.15. The number of nitrogens with one attached hydrogen (secondary N) is 1. The second-order valence-electron chi connectivity index (χ2n) is 5.36. The molecule has 3 nitrogen and oxygen atoms in total. The van der Waals surface area contributed by atoms with Crippen molar-refractivity contribution in [2.75, 3.05) is 6.54 Å². The van der Waals surface area contributed by atoms with Gasteiger partial charge in [-0.15, -0.1) is 11.3 Å². The number of sulfonamides is 1. The van der Waals surface area contributed by atoms with Gasteiger partial charge in [0.05, 0.1) is 4.90 Å². The van der Waals surface area contributed by atoms with Crippen molar-refractivity contribution in [3.8, 4) is 0 Å². The van der Waals surface area contributed by atoms with Crippen LogP contribution in [-0.4, -0.2) is 15.0 Å². The maximum Gasteiger partial charge on any atom is 0.240 e.